The van der Waals surface area contributed by atoms with Gasteiger partial charge in [-0.25, -0.2) is 9.97 Å². The van der Waals surface area contributed by atoms with Gasteiger partial charge in [0.1, 0.15) is 17.9 Å². The molecule has 2 heterocycles. The number of esters is 1. The summed E-state index contributed by atoms with van der Waals surface area (Å²) in [5.41, 5.74) is 2.27. The van der Waals surface area contributed by atoms with Crippen LogP contribution in [0.2, 0.25) is 0 Å². The number of rotatable bonds is 4. The maximum atomic E-state index is 11.6. The molecule has 0 unspecified atom stereocenters. The Bertz CT molecular complexity index is 580. The molecule has 0 aliphatic rings. The quantitative estimate of drug-likeness (QED) is 0.628. The van der Waals surface area contributed by atoms with Crippen molar-refractivity contribution in [2.75, 3.05) is 6.61 Å². The van der Waals surface area contributed by atoms with Crippen molar-refractivity contribution in [3.63, 3.8) is 0 Å². The molecule has 0 fully saturated rings. The summed E-state index contributed by atoms with van der Waals surface area (Å²) in [6, 6.07) is 3.75. The van der Waals surface area contributed by atoms with Gasteiger partial charge in [-0.15, -0.1) is 11.6 Å². The number of nitrogens with zero attached hydrogens (tertiary/aromatic N) is 3. The van der Waals surface area contributed by atoms with E-state index in [0.717, 1.165) is 11.2 Å². The van der Waals surface area contributed by atoms with E-state index in [1.54, 1.807) is 11.5 Å². The van der Waals surface area contributed by atoms with Gasteiger partial charge in [-0.2, -0.15) is 0 Å². The molecular weight excluding hydrogens is 254 g/mol. The first kappa shape index (κ1) is 12.8. The summed E-state index contributed by atoms with van der Waals surface area (Å²) in [4.78, 5) is 20.3. The predicted molar refractivity (Wildman–Crippen MR) is 68.5 cm³/mol. The second kappa shape index (κ2) is 5.35. The zero-order valence-corrected chi connectivity index (χ0v) is 11.1. The summed E-state index contributed by atoms with van der Waals surface area (Å²) in [7, 11) is 0. The van der Waals surface area contributed by atoms with Crippen LogP contribution in [-0.2, 0) is 22.0 Å². The largest absolute Gasteiger partial charge is 0.465 e. The van der Waals surface area contributed by atoms with E-state index in [4.69, 9.17) is 16.3 Å². The normalized spacial score (nSPS) is 10.8. The second-order valence-electron chi connectivity index (χ2n) is 3.85. The second-order valence-corrected chi connectivity index (χ2v) is 4.12. The van der Waals surface area contributed by atoms with Crippen LogP contribution < -0.4 is 0 Å². The molecule has 6 heteroatoms. The molecule has 0 radical (unpaired) electrons. The van der Waals surface area contributed by atoms with E-state index < -0.39 is 0 Å². The molecule has 5 nitrogen and oxygen atoms in total. The van der Waals surface area contributed by atoms with Crippen LogP contribution in [0.25, 0.3) is 11.2 Å². The molecule has 0 N–H and O–H groups in total. The average Bonchev–Trinajstić information content (AvgIpc) is 2.67. The third kappa shape index (κ3) is 2.46. The smallest absolute Gasteiger partial charge is 0.326 e. The van der Waals surface area contributed by atoms with Gasteiger partial charge in [-0.1, -0.05) is 0 Å². The molecule has 0 aliphatic carbocycles. The fourth-order valence-electron chi connectivity index (χ4n) is 1.75. The summed E-state index contributed by atoms with van der Waals surface area (Å²) >= 11 is 5.84. The third-order valence-electron chi connectivity index (χ3n) is 2.52. The van der Waals surface area contributed by atoms with Crippen molar-refractivity contribution in [3.8, 4) is 0 Å². The van der Waals surface area contributed by atoms with Crippen LogP contribution in [0.4, 0.5) is 0 Å². The van der Waals surface area contributed by atoms with Crippen molar-refractivity contribution in [2.45, 2.75) is 26.3 Å². The maximum absolute atomic E-state index is 11.6. The van der Waals surface area contributed by atoms with Gasteiger partial charge < -0.3 is 9.30 Å². The molecule has 0 bridgehead atoms. The highest BCUT2D eigenvalue weighted by Crippen LogP contribution is 2.16. The number of aromatic nitrogens is 3. The Labute approximate surface area is 110 Å². The van der Waals surface area contributed by atoms with Crippen LogP contribution in [0, 0.1) is 6.92 Å². The number of carbonyl (C=O) groups is 1. The van der Waals surface area contributed by atoms with Gasteiger partial charge in [0, 0.05) is 5.69 Å². The number of fused-ring (bicyclic) bond motifs is 1. The first-order valence-electron chi connectivity index (χ1n) is 5.70. The molecule has 0 amide bonds. The zero-order valence-electron chi connectivity index (χ0n) is 10.3. The number of halogens is 1. The highest BCUT2D eigenvalue weighted by Gasteiger charge is 2.14. The van der Waals surface area contributed by atoms with Crippen LogP contribution in [0.3, 0.4) is 0 Å². The van der Waals surface area contributed by atoms with Gasteiger partial charge in [0.05, 0.1) is 12.5 Å². The monoisotopic (exact) mass is 267 g/mol. The number of hydrogen-bond donors (Lipinski definition) is 0. The molecule has 96 valence electrons. The Morgan fingerprint density at radius 3 is 2.89 bits per heavy atom. The van der Waals surface area contributed by atoms with Gasteiger partial charge >= 0.3 is 5.97 Å². The van der Waals surface area contributed by atoms with E-state index in [2.05, 4.69) is 9.97 Å². The lowest BCUT2D eigenvalue weighted by atomic mass is 10.3. The molecule has 2 aromatic rings. The average molecular weight is 268 g/mol. The van der Waals surface area contributed by atoms with Crippen LogP contribution in [-0.4, -0.2) is 27.1 Å². The number of carbonyl (C=O) groups excluding carboxylic acids is 1. The molecule has 0 saturated heterocycles. The summed E-state index contributed by atoms with van der Waals surface area (Å²) in [6.07, 6.45) is 0. The standard InChI is InChI=1S/C12H14ClN3O2/c1-3-18-11(17)7-16-10(6-13)15-9-5-4-8(2)14-12(9)16/h4-5H,3,6-7H2,1-2H3. The third-order valence-corrected chi connectivity index (χ3v) is 2.76. The van der Waals surface area contributed by atoms with Crippen molar-refractivity contribution in [2.24, 2.45) is 0 Å². The Kier molecular flexibility index (Phi) is 3.81. The molecular formula is C12H14ClN3O2. The van der Waals surface area contributed by atoms with Gasteiger partial charge in [-0.3, -0.25) is 4.79 Å². The van der Waals surface area contributed by atoms with E-state index in [1.807, 2.05) is 19.1 Å². The van der Waals surface area contributed by atoms with Crippen molar-refractivity contribution >= 4 is 28.7 Å². The van der Waals surface area contributed by atoms with Crippen molar-refractivity contribution in [1.82, 2.24) is 14.5 Å². The van der Waals surface area contributed by atoms with E-state index in [9.17, 15) is 4.79 Å². The molecule has 0 aliphatic heterocycles. The number of alkyl halides is 1. The van der Waals surface area contributed by atoms with Gasteiger partial charge in [0.25, 0.3) is 0 Å². The summed E-state index contributed by atoms with van der Waals surface area (Å²) < 4.78 is 6.64. The summed E-state index contributed by atoms with van der Waals surface area (Å²) in [5, 5.41) is 0. The number of pyridine rings is 1. The molecule has 0 atom stereocenters. The Balaban J connectivity index is 2.45. The molecule has 2 rings (SSSR count). The highest BCUT2D eigenvalue weighted by molar-refractivity contribution is 6.16. The lowest BCUT2D eigenvalue weighted by molar-refractivity contribution is -0.143. The minimum absolute atomic E-state index is 0.0862. The topological polar surface area (TPSA) is 57.0 Å². The van der Waals surface area contributed by atoms with Crippen molar-refractivity contribution in [3.05, 3.63) is 23.7 Å². The van der Waals surface area contributed by atoms with E-state index >= 15 is 0 Å². The van der Waals surface area contributed by atoms with Crippen molar-refractivity contribution < 1.29 is 9.53 Å². The number of hydrogen-bond acceptors (Lipinski definition) is 4. The highest BCUT2D eigenvalue weighted by atomic mass is 35.5. The first-order chi connectivity index (χ1) is 8.65. The molecule has 2 aromatic heterocycles. The van der Waals surface area contributed by atoms with Gasteiger partial charge in [0.2, 0.25) is 0 Å². The van der Waals surface area contributed by atoms with E-state index in [0.29, 0.717) is 18.1 Å². The molecule has 0 spiro atoms. The lowest BCUT2D eigenvalue weighted by Gasteiger charge is -2.06. The zero-order chi connectivity index (χ0) is 13.1. The predicted octanol–water partition coefficient (Wildman–Crippen LogP) is 2.04. The van der Waals surface area contributed by atoms with Crippen LogP contribution in [0.5, 0.6) is 0 Å². The fourth-order valence-corrected chi connectivity index (χ4v) is 1.95. The van der Waals surface area contributed by atoms with E-state index in [-0.39, 0.29) is 18.4 Å². The molecule has 0 saturated carbocycles. The van der Waals surface area contributed by atoms with Gasteiger partial charge in [-0.05, 0) is 26.0 Å². The van der Waals surface area contributed by atoms with E-state index in [1.165, 1.54) is 0 Å². The summed E-state index contributed by atoms with van der Waals surface area (Å²) in [5.74, 6) is 0.540. The Morgan fingerprint density at radius 1 is 1.44 bits per heavy atom. The molecule has 0 aromatic carbocycles. The Hall–Kier alpha value is -1.62. The Morgan fingerprint density at radius 2 is 2.22 bits per heavy atom. The summed E-state index contributed by atoms with van der Waals surface area (Å²) in [6.45, 7) is 4.10. The minimum atomic E-state index is -0.313. The van der Waals surface area contributed by atoms with Crippen molar-refractivity contribution in [1.29, 1.82) is 0 Å². The van der Waals surface area contributed by atoms with Crippen LogP contribution >= 0.6 is 11.6 Å². The maximum Gasteiger partial charge on any atom is 0.326 e. The molecule has 18 heavy (non-hydrogen) atoms. The number of imidazole rings is 1. The minimum Gasteiger partial charge on any atom is -0.465 e. The van der Waals surface area contributed by atoms with Crippen LogP contribution in [0.15, 0.2) is 12.1 Å². The number of ether oxygens (including phenoxy) is 1. The van der Waals surface area contributed by atoms with Crippen LogP contribution in [0.1, 0.15) is 18.4 Å². The SMILES string of the molecule is CCOC(=O)Cn1c(CCl)nc2ccc(C)nc21. The lowest BCUT2D eigenvalue weighted by Crippen LogP contribution is -2.15. The fraction of sp³-hybridized carbons (Fsp3) is 0.417. The number of aryl methyl sites for hydroxylation is 1. The van der Waals surface area contributed by atoms with Gasteiger partial charge in [0.15, 0.2) is 5.65 Å². The first-order valence-corrected chi connectivity index (χ1v) is 6.23.